The molecule has 2 aromatic rings. The molecule has 2 rings (SSSR count). The Labute approximate surface area is 111 Å². The van der Waals surface area contributed by atoms with Crippen molar-refractivity contribution in [3.05, 3.63) is 46.1 Å². The number of nitrogens with zero attached hydrogens (tertiary/aromatic N) is 2. The standard InChI is InChI=1S/C12H9BrFN3O/c1-6-4-10(17-12(16-6)11(15)18)8-5-7(13)2-3-9(8)14/h2-5H,1H3,(H2,15,18). The lowest BCUT2D eigenvalue weighted by Crippen LogP contribution is -2.16. The van der Waals surface area contributed by atoms with Gasteiger partial charge in [0.25, 0.3) is 5.91 Å². The summed E-state index contributed by atoms with van der Waals surface area (Å²) in [6, 6.07) is 6.09. The SMILES string of the molecule is Cc1cc(-c2cc(Br)ccc2F)nc(C(N)=O)n1. The van der Waals surface area contributed by atoms with Crippen LogP contribution in [-0.4, -0.2) is 15.9 Å². The molecule has 0 unspecified atom stereocenters. The molecule has 1 aromatic carbocycles. The lowest BCUT2D eigenvalue weighted by molar-refractivity contribution is 0.0990. The lowest BCUT2D eigenvalue weighted by atomic mass is 10.1. The first kappa shape index (κ1) is 12.6. The van der Waals surface area contributed by atoms with Gasteiger partial charge in [0.1, 0.15) is 5.82 Å². The average molecular weight is 310 g/mol. The number of amides is 1. The number of halogens is 2. The predicted molar refractivity (Wildman–Crippen MR) is 68.4 cm³/mol. The van der Waals surface area contributed by atoms with Crippen LogP contribution in [0.4, 0.5) is 4.39 Å². The lowest BCUT2D eigenvalue weighted by Gasteiger charge is -2.06. The van der Waals surface area contributed by atoms with Gasteiger partial charge in [-0.25, -0.2) is 14.4 Å². The van der Waals surface area contributed by atoms with Crippen molar-refractivity contribution < 1.29 is 9.18 Å². The van der Waals surface area contributed by atoms with E-state index in [1.54, 1.807) is 25.1 Å². The smallest absolute Gasteiger partial charge is 0.286 e. The maximum Gasteiger partial charge on any atom is 0.286 e. The van der Waals surface area contributed by atoms with E-state index in [4.69, 9.17) is 5.73 Å². The zero-order valence-corrected chi connectivity index (χ0v) is 11.0. The zero-order chi connectivity index (χ0) is 13.3. The summed E-state index contributed by atoms with van der Waals surface area (Å²) in [6.45, 7) is 1.69. The molecule has 0 saturated heterocycles. The Kier molecular flexibility index (Phi) is 3.38. The van der Waals surface area contributed by atoms with E-state index < -0.39 is 11.7 Å². The molecule has 18 heavy (non-hydrogen) atoms. The highest BCUT2D eigenvalue weighted by atomic mass is 79.9. The van der Waals surface area contributed by atoms with Crippen LogP contribution in [0.3, 0.4) is 0 Å². The summed E-state index contributed by atoms with van der Waals surface area (Å²) in [5, 5.41) is 0. The monoisotopic (exact) mass is 309 g/mol. The normalized spacial score (nSPS) is 10.4. The maximum atomic E-state index is 13.7. The number of hydrogen-bond donors (Lipinski definition) is 1. The predicted octanol–water partition coefficient (Wildman–Crippen LogP) is 2.45. The Morgan fingerprint density at radius 2 is 2.06 bits per heavy atom. The van der Waals surface area contributed by atoms with Gasteiger partial charge < -0.3 is 5.73 Å². The van der Waals surface area contributed by atoms with Crippen LogP contribution in [0, 0.1) is 12.7 Å². The van der Waals surface area contributed by atoms with Crippen molar-refractivity contribution in [2.75, 3.05) is 0 Å². The summed E-state index contributed by atoms with van der Waals surface area (Å²) < 4.78 is 14.4. The van der Waals surface area contributed by atoms with E-state index in [0.29, 0.717) is 11.4 Å². The molecule has 0 saturated carbocycles. The molecule has 0 spiro atoms. The van der Waals surface area contributed by atoms with Crippen LogP contribution in [0.1, 0.15) is 16.3 Å². The molecule has 92 valence electrons. The van der Waals surface area contributed by atoms with Crippen LogP contribution in [-0.2, 0) is 0 Å². The van der Waals surface area contributed by atoms with Crippen LogP contribution in [0.5, 0.6) is 0 Å². The number of carbonyl (C=O) groups is 1. The van der Waals surface area contributed by atoms with Crippen molar-refractivity contribution in [2.24, 2.45) is 5.73 Å². The van der Waals surface area contributed by atoms with Gasteiger partial charge in [-0.05, 0) is 31.2 Å². The molecule has 2 N–H and O–H groups in total. The summed E-state index contributed by atoms with van der Waals surface area (Å²) >= 11 is 3.26. The third-order valence-corrected chi connectivity index (χ3v) is 2.77. The molecular weight excluding hydrogens is 301 g/mol. The van der Waals surface area contributed by atoms with E-state index in [0.717, 1.165) is 4.47 Å². The summed E-state index contributed by atoms with van der Waals surface area (Å²) in [5.74, 6) is -1.29. The van der Waals surface area contributed by atoms with E-state index in [9.17, 15) is 9.18 Å². The first-order valence-corrected chi connectivity index (χ1v) is 5.87. The number of nitrogens with two attached hydrogens (primary N) is 1. The summed E-state index contributed by atoms with van der Waals surface area (Å²) in [4.78, 5) is 18.9. The molecular formula is C12H9BrFN3O. The molecule has 0 atom stereocenters. The van der Waals surface area contributed by atoms with Crippen molar-refractivity contribution in [1.29, 1.82) is 0 Å². The van der Waals surface area contributed by atoms with Crippen molar-refractivity contribution in [3.8, 4) is 11.3 Å². The van der Waals surface area contributed by atoms with Gasteiger partial charge in [0.15, 0.2) is 0 Å². The zero-order valence-electron chi connectivity index (χ0n) is 9.45. The van der Waals surface area contributed by atoms with Crippen LogP contribution in [0.25, 0.3) is 11.3 Å². The number of hydrogen-bond acceptors (Lipinski definition) is 3. The van der Waals surface area contributed by atoms with Crippen LogP contribution in [0.15, 0.2) is 28.7 Å². The number of aryl methyl sites for hydroxylation is 1. The Morgan fingerprint density at radius 1 is 1.33 bits per heavy atom. The molecule has 6 heteroatoms. The Balaban J connectivity index is 2.63. The van der Waals surface area contributed by atoms with Gasteiger partial charge in [0.2, 0.25) is 5.82 Å². The highest BCUT2D eigenvalue weighted by Gasteiger charge is 2.12. The topological polar surface area (TPSA) is 68.9 Å². The van der Waals surface area contributed by atoms with Crippen molar-refractivity contribution in [1.82, 2.24) is 9.97 Å². The summed E-state index contributed by atoms with van der Waals surface area (Å²) in [6.07, 6.45) is 0. The fourth-order valence-electron chi connectivity index (χ4n) is 1.51. The van der Waals surface area contributed by atoms with Gasteiger partial charge in [0, 0.05) is 15.7 Å². The first-order chi connectivity index (χ1) is 8.47. The van der Waals surface area contributed by atoms with Crippen molar-refractivity contribution in [2.45, 2.75) is 6.92 Å². The Bertz CT molecular complexity index is 631. The Morgan fingerprint density at radius 3 is 2.72 bits per heavy atom. The van der Waals surface area contributed by atoms with Gasteiger partial charge in [-0.1, -0.05) is 15.9 Å². The van der Waals surface area contributed by atoms with Crippen molar-refractivity contribution in [3.63, 3.8) is 0 Å². The average Bonchev–Trinajstić information content (AvgIpc) is 2.31. The van der Waals surface area contributed by atoms with Crippen LogP contribution in [0.2, 0.25) is 0 Å². The van der Waals surface area contributed by atoms with Gasteiger partial charge in [-0.2, -0.15) is 0 Å². The molecule has 0 aliphatic heterocycles. The molecule has 0 bridgehead atoms. The minimum Gasteiger partial charge on any atom is -0.363 e. The van der Waals surface area contributed by atoms with E-state index in [1.807, 2.05) is 0 Å². The van der Waals surface area contributed by atoms with Gasteiger partial charge in [-0.15, -0.1) is 0 Å². The highest BCUT2D eigenvalue weighted by molar-refractivity contribution is 9.10. The molecule has 0 aliphatic rings. The second-order valence-electron chi connectivity index (χ2n) is 3.71. The number of carbonyl (C=O) groups excluding carboxylic acids is 1. The second kappa shape index (κ2) is 4.81. The minimum atomic E-state index is -0.740. The molecule has 1 amide bonds. The summed E-state index contributed by atoms with van der Waals surface area (Å²) in [7, 11) is 0. The van der Waals surface area contributed by atoms with Gasteiger partial charge in [-0.3, -0.25) is 4.79 Å². The third kappa shape index (κ3) is 2.53. The number of primary amides is 1. The highest BCUT2D eigenvalue weighted by Crippen LogP contribution is 2.25. The molecule has 1 heterocycles. The molecule has 0 aliphatic carbocycles. The Hall–Kier alpha value is -1.82. The van der Waals surface area contributed by atoms with E-state index >= 15 is 0 Å². The molecule has 0 radical (unpaired) electrons. The van der Waals surface area contributed by atoms with E-state index in [1.165, 1.54) is 6.07 Å². The molecule has 4 nitrogen and oxygen atoms in total. The first-order valence-electron chi connectivity index (χ1n) is 5.08. The largest absolute Gasteiger partial charge is 0.363 e. The second-order valence-corrected chi connectivity index (χ2v) is 4.62. The third-order valence-electron chi connectivity index (χ3n) is 2.28. The minimum absolute atomic E-state index is 0.121. The number of rotatable bonds is 2. The van der Waals surface area contributed by atoms with Crippen LogP contribution < -0.4 is 5.73 Å². The van der Waals surface area contributed by atoms with Gasteiger partial charge >= 0.3 is 0 Å². The quantitative estimate of drug-likeness (QED) is 0.926. The van der Waals surface area contributed by atoms with Gasteiger partial charge in [0.05, 0.1) is 5.69 Å². The molecule has 0 fully saturated rings. The summed E-state index contributed by atoms with van der Waals surface area (Å²) in [5.41, 5.74) is 6.30. The van der Waals surface area contributed by atoms with E-state index in [2.05, 4.69) is 25.9 Å². The number of benzene rings is 1. The van der Waals surface area contributed by atoms with E-state index in [-0.39, 0.29) is 11.4 Å². The maximum absolute atomic E-state index is 13.7. The van der Waals surface area contributed by atoms with Crippen LogP contribution >= 0.6 is 15.9 Å². The fraction of sp³-hybridized carbons (Fsp3) is 0.0833. The fourth-order valence-corrected chi connectivity index (χ4v) is 1.87. The number of aromatic nitrogens is 2. The van der Waals surface area contributed by atoms with Crippen molar-refractivity contribution >= 4 is 21.8 Å². The molecule has 1 aromatic heterocycles.